The minimum atomic E-state index is 0.233. The van der Waals surface area contributed by atoms with Gasteiger partial charge in [-0.05, 0) is 49.3 Å². The quantitative estimate of drug-likeness (QED) is 0.833. The van der Waals surface area contributed by atoms with Crippen LogP contribution in [-0.4, -0.2) is 23.9 Å². The Morgan fingerprint density at radius 3 is 2.35 bits per heavy atom. The van der Waals surface area contributed by atoms with Crippen molar-refractivity contribution in [2.24, 2.45) is 5.92 Å². The maximum atomic E-state index is 12.4. The monoisotopic (exact) mass is 291 g/mol. The number of hydrogen-bond acceptors (Lipinski definition) is 2. The third-order valence-corrected chi connectivity index (χ3v) is 4.92. The summed E-state index contributed by atoms with van der Waals surface area (Å²) in [5, 5.41) is 0. The average molecular weight is 291 g/mol. The van der Waals surface area contributed by atoms with Crippen LogP contribution in [0.2, 0.25) is 0 Å². The Labute approximate surface area is 128 Å². The van der Waals surface area contributed by atoms with Gasteiger partial charge in [0.25, 0.3) is 0 Å². The lowest BCUT2D eigenvalue weighted by atomic mass is 9.84. The Kier molecular flexibility index (Phi) is 5.53. The van der Waals surface area contributed by atoms with E-state index >= 15 is 0 Å². The van der Waals surface area contributed by atoms with Crippen molar-refractivity contribution >= 4 is 18.5 Å². The minimum Gasteiger partial charge on any atom is -0.342 e. The van der Waals surface area contributed by atoms with Gasteiger partial charge in [0.15, 0.2) is 0 Å². The molecular formula is C17H25NOS. The lowest BCUT2D eigenvalue weighted by Crippen LogP contribution is -2.40. The lowest BCUT2D eigenvalue weighted by molar-refractivity contribution is -0.132. The molecule has 0 spiro atoms. The van der Waals surface area contributed by atoms with Gasteiger partial charge in [-0.15, -0.1) is 12.6 Å². The number of carbonyl (C=O) groups is 1. The first-order valence-corrected chi connectivity index (χ1v) is 8.08. The Balaban J connectivity index is 1.87. The van der Waals surface area contributed by atoms with E-state index in [0.717, 1.165) is 29.2 Å². The van der Waals surface area contributed by atoms with Gasteiger partial charge in [-0.3, -0.25) is 4.79 Å². The Bertz CT molecular complexity index is 435. The summed E-state index contributed by atoms with van der Waals surface area (Å²) in [4.78, 5) is 15.3. The van der Waals surface area contributed by atoms with Gasteiger partial charge in [0, 0.05) is 18.0 Å². The SMILES string of the molecule is CCC1CCC(N(C)C(=O)Cc2ccc(S)cc2)CC1. The zero-order chi connectivity index (χ0) is 14.5. The molecule has 1 aromatic carbocycles. The van der Waals surface area contributed by atoms with Crippen LogP contribution in [0.25, 0.3) is 0 Å². The molecule has 0 bridgehead atoms. The fraction of sp³-hybridized carbons (Fsp3) is 0.588. The standard InChI is InChI=1S/C17H25NOS/c1-3-13-4-8-15(9-5-13)18(2)17(19)12-14-6-10-16(20)11-7-14/h6-7,10-11,13,15,20H,3-5,8-9,12H2,1-2H3. The molecule has 0 atom stereocenters. The van der Waals surface area contributed by atoms with E-state index in [0.29, 0.717) is 12.5 Å². The van der Waals surface area contributed by atoms with Gasteiger partial charge >= 0.3 is 0 Å². The fourth-order valence-corrected chi connectivity index (χ4v) is 3.21. The summed E-state index contributed by atoms with van der Waals surface area (Å²) in [5.74, 6) is 1.11. The zero-order valence-corrected chi connectivity index (χ0v) is 13.4. The number of thiol groups is 1. The number of carbonyl (C=O) groups excluding carboxylic acids is 1. The van der Waals surface area contributed by atoms with Crippen molar-refractivity contribution in [1.82, 2.24) is 4.90 Å². The van der Waals surface area contributed by atoms with Crippen molar-refractivity contribution in [3.63, 3.8) is 0 Å². The average Bonchev–Trinajstić information content (AvgIpc) is 2.49. The van der Waals surface area contributed by atoms with Gasteiger partial charge in [-0.2, -0.15) is 0 Å². The summed E-state index contributed by atoms with van der Waals surface area (Å²) in [6, 6.07) is 8.30. The highest BCUT2D eigenvalue weighted by Crippen LogP contribution is 2.29. The summed E-state index contributed by atoms with van der Waals surface area (Å²) < 4.78 is 0. The molecule has 2 nitrogen and oxygen atoms in total. The molecule has 0 aliphatic heterocycles. The van der Waals surface area contributed by atoms with Crippen LogP contribution in [0.1, 0.15) is 44.6 Å². The van der Waals surface area contributed by atoms with Gasteiger partial charge in [-0.1, -0.05) is 25.5 Å². The molecule has 1 aliphatic rings. The lowest BCUT2D eigenvalue weighted by Gasteiger charge is -2.34. The van der Waals surface area contributed by atoms with Crippen LogP contribution in [-0.2, 0) is 11.2 Å². The summed E-state index contributed by atoms with van der Waals surface area (Å²) >= 11 is 4.27. The third-order valence-electron chi connectivity index (χ3n) is 4.63. The fourth-order valence-electron chi connectivity index (χ4n) is 3.06. The number of rotatable bonds is 4. The first kappa shape index (κ1) is 15.4. The highest BCUT2D eigenvalue weighted by atomic mass is 32.1. The largest absolute Gasteiger partial charge is 0.342 e. The summed E-state index contributed by atoms with van der Waals surface area (Å²) in [6.07, 6.45) is 6.64. The highest BCUT2D eigenvalue weighted by molar-refractivity contribution is 7.80. The molecule has 110 valence electrons. The second-order valence-corrected chi connectivity index (χ2v) is 6.45. The molecule has 1 saturated carbocycles. The molecule has 0 heterocycles. The summed E-state index contributed by atoms with van der Waals surface area (Å²) in [6.45, 7) is 2.27. The van der Waals surface area contributed by atoms with Crippen LogP contribution in [0.15, 0.2) is 29.2 Å². The van der Waals surface area contributed by atoms with E-state index in [4.69, 9.17) is 0 Å². The Morgan fingerprint density at radius 1 is 1.20 bits per heavy atom. The van der Waals surface area contributed by atoms with E-state index in [1.54, 1.807) is 0 Å². The molecule has 1 aromatic rings. The molecule has 1 amide bonds. The van der Waals surface area contributed by atoms with Gasteiger partial charge in [0.1, 0.15) is 0 Å². The van der Waals surface area contributed by atoms with Crippen molar-refractivity contribution < 1.29 is 4.79 Å². The van der Waals surface area contributed by atoms with Gasteiger partial charge in [0.2, 0.25) is 5.91 Å². The molecule has 2 rings (SSSR count). The molecule has 1 aliphatic carbocycles. The molecule has 20 heavy (non-hydrogen) atoms. The van der Waals surface area contributed by atoms with Gasteiger partial charge in [0.05, 0.1) is 6.42 Å². The Hall–Kier alpha value is -0.960. The van der Waals surface area contributed by atoms with E-state index in [2.05, 4.69) is 19.6 Å². The van der Waals surface area contributed by atoms with Crippen LogP contribution in [0.5, 0.6) is 0 Å². The maximum absolute atomic E-state index is 12.4. The second kappa shape index (κ2) is 7.16. The van der Waals surface area contributed by atoms with Crippen LogP contribution in [0.4, 0.5) is 0 Å². The number of benzene rings is 1. The number of likely N-dealkylation sites (N-methyl/N-ethyl adjacent to an activating group) is 1. The molecule has 0 saturated heterocycles. The van der Waals surface area contributed by atoms with Crippen molar-refractivity contribution in [2.75, 3.05) is 7.05 Å². The first-order chi connectivity index (χ1) is 9.60. The van der Waals surface area contributed by atoms with Crippen molar-refractivity contribution in [3.8, 4) is 0 Å². The van der Waals surface area contributed by atoms with Crippen molar-refractivity contribution in [2.45, 2.75) is 56.4 Å². The van der Waals surface area contributed by atoms with Crippen LogP contribution in [0, 0.1) is 5.92 Å². The highest BCUT2D eigenvalue weighted by Gasteiger charge is 2.25. The van der Waals surface area contributed by atoms with Crippen LogP contribution >= 0.6 is 12.6 Å². The van der Waals surface area contributed by atoms with Crippen LogP contribution in [0.3, 0.4) is 0 Å². The predicted molar refractivity (Wildman–Crippen MR) is 86.2 cm³/mol. The summed E-state index contributed by atoms with van der Waals surface area (Å²) in [7, 11) is 1.96. The Morgan fingerprint density at radius 2 is 1.80 bits per heavy atom. The van der Waals surface area contributed by atoms with Crippen LogP contribution < -0.4 is 0 Å². The van der Waals surface area contributed by atoms with Gasteiger partial charge < -0.3 is 4.90 Å². The molecule has 0 unspecified atom stereocenters. The van der Waals surface area contributed by atoms with Gasteiger partial charge in [-0.25, -0.2) is 0 Å². The van der Waals surface area contributed by atoms with E-state index < -0.39 is 0 Å². The number of nitrogens with zero attached hydrogens (tertiary/aromatic N) is 1. The summed E-state index contributed by atoms with van der Waals surface area (Å²) in [5.41, 5.74) is 1.07. The maximum Gasteiger partial charge on any atom is 0.226 e. The number of amides is 1. The van der Waals surface area contributed by atoms with Crippen molar-refractivity contribution in [3.05, 3.63) is 29.8 Å². The predicted octanol–water partition coefficient (Wildman–Crippen LogP) is 3.95. The normalized spacial score (nSPS) is 22.6. The molecule has 1 fully saturated rings. The van der Waals surface area contributed by atoms with E-state index in [9.17, 15) is 4.79 Å². The minimum absolute atomic E-state index is 0.233. The molecule has 0 N–H and O–H groups in total. The van der Waals surface area contributed by atoms with E-state index in [-0.39, 0.29) is 5.91 Å². The van der Waals surface area contributed by atoms with E-state index in [1.165, 1.54) is 19.3 Å². The smallest absolute Gasteiger partial charge is 0.226 e. The van der Waals surface area contributed by atoms with Crippen molar-refractivity contribution in [1.29, 1.82) is 0 Å². The number of hydrogen-bond donors (Lipinski definition) is 1. The first-order valence-electron chi connectivity index (χ1n) is 7.63. The van der Waals surface area contributed by atoms with E-state index in [1.807, 2.05) is 36.2 Å². The molecular weight excluding hydrogens is 266 g/mol. The zero-order valence-electron chi connectivity index (χ0n) is 12.5. The third kappa shape index (κ3) is 4.02. The second-order valence-electron chi connectivity index (χ2n) is 5.93. The molecule has 3 heteroatoms. The molecule has 0 radical (unpaired) electrons. The molecule has 0 aromatic heterocycles. The topological polar surface area (TPSA) is 20.3 Å².